The van der Waals surface area contributed by atoms with Crippen molar-refractivity contribution in [1.82, 2.24) is 5.32 Å². The van der Waals surface area contributed by atoms with Crippen LogP contribution in [0.5, 0.6) is 5.75 Å². The smallest absolute Gasteiger partial charge is 0.323 e. The van der Waals surface area contributed by atoms with Crippen molar-refractivity contribution in [3.8, 4) is 11.8 Å². The SMILES string of the molecule is COc1ccc(C#N)cc1NC(=O)Nc1ccc([C@@H]2CNCCO2)cc1F. The molecule has 2 aromatic carbocycles. The predicted molar refractivity (Wildman–Crippen MR) is 98.3 cm³/mol. The summed E-state index contributed by atoms with van der Waals surface area (Å²) < 4.78 is 25.1. The van der Waals surface area contributed by atoms with E-state index in [-0.39, 0.29) is 11.8 Å². The van der Waals surface area contributed by atoms with Crippen molar-refractivity contribution in [2.75, 3.05) is 37.4 Å². The van der Waals surface area contributed by atoms with Crippen LogP contribution in [-0.2, 0) is 4.74 Å². The zero-order valence-corrected chi connectivity index (χ0v) is 14.7. The molecule has 3 rings (SSSR count). The van der Waals surface area contributed by atoms with Crippen LogP contribution in [0, 0.1) is 17.1 Å². The first-order chi connectivity index (χ1) is 13.1. The van der Waals surface area contributed by atoms with Crippen LogP contribution < -0.4 is 20.7 Å². The topological polar surface area (TPSA) is 95.4 Å². The maximum atomic E-state index is 14.4. The minimum absolute atomic E-state index is 0.0374. The first-order valence-electron chi connectivity index (χ1n) is 8.38. The van der Waals surface area contributed by atoms with Crippen LogP contribution in [0.1, 0.15) is 17.2 Å². The van der Waals surface area contributed by atoms with Crippen LogP contribution in [0.3, 0.4) is 0 Å². The average molecular weight is 370 g/mol. The molecular formula is C19H19FN4O3. The number of benzene rings is 2. The first kappa shape index (κ1) is 18.6. The Morgan fingerprint density at radius 2 is 2.11 bits per heavy atom. The molecule has 1 aliphatic rings. The summed E-state index contributed by atoms with van der Waals surface area (Å²) in [6.07, 6.45) is -0.214. The Labute approximate surface area is 156 Å². The number of anilines is 2. The highest BCUT2D eigenvalue weighted by atomic mass is 19.1. The Morgan fingerprint density at radius 3 is 2.78 bits per heavy atom. The van der Waals surface area contributed by atoms with Crippen LogP contribution >= 0.6 is 0 Å². The normalized spacial score (nSPS) is 16.3. The summed E-state index contributed by atoms with van der Waals surface area (Å²) in [5.41, 5.74) is 1.42. The van der Waals surface area contributed by atoms with Crippen molar-refractivity contribution < 1.29 is 18.7 Å². The molecule has 0 aromatic heterocycles. The zero-order chi connectivity index (χ0) is 19.2. The van der Waals surface area contributed by atoms with E-state index in [9.17, 15) is 9.18 Å². The molecule has 2 amide bonds. The predicted octanol–water partition coefficient (Wildman–Crippen LogP) is 3.01. The molecule has 1 aliphatic heterocycles. The molecule has 1 atom stereocenters. The number of ether oxygens (including phenoxy) is 2. The molecule has 7 nitrogen and oxygen atoms in total. The zero-order valence-electron chi connectivity index (χ0n) is 14.7. The third-order valence-corrected chi connectivity index (χ3v) is 4.12. The second-order valence-corrected chi connectivity index (χ2v) is 5.91. The lowest BCUT2D eigenvalue weighted by Crippen LogP contribution is -2.33. The number of rotatable bonds is 4. The molecule has 0 bridgehead atoms. The fourth-order valence-corrected chi connectivity index (χ4v) is 2.76. The quantitative estimate of drug-likeness (QED) is 0.769. The second kappa shape index (κ2) is 8.49. The molecule has 3 N–H and O–H groups in total. The summed E-state index contributed by atoms with van der Waals surface area (Å²) in [6, 6.07) is 10.5. The molecular weight excluding hydrogens is 351 g/mol. The fraction of sp³-hybridized carbons (Fsp3) is 0.263. The number of hydrogen-bond acceptors (Lipinski definition) is 5. The average Bonchev–Trinajstić information content (AvgIpc) is 2.70. The van der Waals surface area contributed by atoms with Gasteiger partial charge in [0.1, 0.15) is 11.6 Å². The largest absolute Gasteiger partial charge is 0.495 e. The number of morpholine rings is 1. The Morgan fingerprint density at radius 1 is 1.30 bits per heavy atom. The van der Waals surface area contributed by atoms with Gasteiger partial charge in [0.15, 0.2) is 0 Å². The molecule has 1 fully saturated rings. The van der Waals surface area contributed by atoms with Crippen LogP contribution in [0.15, 0.2) is 36.4 Å². The van der Waals surface area contributed by atoms with Gasteiger partial charge in [-0.2, -0.15) is 5.26 Å². The van der Waals surface area contributed by atoms with Gasteiger partial charge in [0, 0.05) is 13.1 Å². The van der Waals surface area contributed by atoms with Crippen molar-refractivity contribution >= 4 is 17.4 Å². The van der Waals surface area contributed by atoms with Crippen molar-refractivity contribution in [3.05, 3.63) is 53.3 Å². The molecule has 1 heterocycles. The minimum atomic E-state index is -0.648. The number of halogens is 1. The van der Waals surface area contributed by atoms with Crippen molar-refractivity contribution in [1.29, 1.82) is 5.26 Å². The third kappa shape index (κ3) is 4.53. The highest BCUT2D eigenvalue weighted by Gasteiger charge is 2.18. The van der Waals surface area contributed by atoms with E-state index in [1.54, 1.807) is 18.2 Å². The van der Waals surface area contributed by atoms with Crippen molar-refractivity contribution in [2.24, 2.45) is 0 Å². The highest BCUT2D eigenvalue weighted by Crippen LogP contribution is 2.26. The molecule has 0 aliphatic carbocycles. The van der Waals surface area contributed by atoms with E-state index in [2.05, 4.69) is 16.0 Å². The standard InChI is InChI=1S/C19H19FN4O3/c1-26-17-5-2-12(10-21)8-16(17)24-19(25)23-15-4-3-13(9-14(15)20)18-11-22-6-7-27-18/h2-5,8-9,18,22H,6-7,11H2,1H3,(H2,23,24,25)/t18-/m0/s1. The van der Waals surface area contributed by atoms with E-state index < -0.39 is 11.8 Å². The first-order valence-corrected chi connectivity index (χ1v) is 8.38. The van der Waals surface area contributed by atoms with Gasteiger partial charge >= 0.3 is 6.03 Å². The summed E-state index contributed by atoms with van der Waals surface area (Å²) in [4.78, 5) is 12.2. The maximum absolute atomic E-state index is 14.4. The molecule has 8 heteroatoms. The minimum Gasteiger partial charge on any atom is -0.495 e. The Bertz CT molecular complexity index is 876. The molecule has 0 radical (unpaired) electrons. The lowest BCUT2D eigenvalue weighted by Gasteiger charge is -2.24. The summed E-state index contributed by atoms with van der Waals surface area (Å²) >= 11 is 0. The van der Waals surface area contributed by atoms with Crippen molar-refractivity contribution in [2.45, 2.75) is 6.10 Å². The van der Waals surface area contributed by atoms with E-state index in [1.165, 1.54) is 25.3 Å². The number of nitrogens with one attached hydrogen (secondary N) is 3. The van der Waals surface area contributed by atoms with Gasteiger partial charge in [0.05, 0.1) is 42.8 Å². The van der Waals surface area contributed by atoms with Gasteiger partial charge in [-0.05, 0) is 35.9 Å². The lowest BCUT2D eigenvalue weighted by atomic mass is 10.1. The van der Waals surface area contributed by atoms with Gasteiger partial charge in [0.25, 0.3) is 0 Å². The van der Waals surface area contributed by atoms with Gasteiger partial charge in [-0.15, -0.1) is 0 Å². The summed E-state index contributed by atoms with van der Waals surface area (Å²) in [7, 11) is 1.45. The van der Waals surface area contributed by atoms with E-state index >= 15 is 0 Å². The molecule has 27 heavy (non-hydrogen) atoms. The molecule has 0 saturated carbocycles. The number of nitriles is 1. The van der Waals surface area contributed by atoms with E-state index in [4.69, 9.17) is 14.7 Å². The Balaban J connectivity index is 1.70. The number of amides is 2. The van der Waals surface area contributed by atoms with Gasteiger partial charge in [0.2, 0.25) is 0 Å². The van der Waals surface area contributed by atoms with E-state index in [0.717, 1.165) is 6.54 Å². The lowest BCUT2D eigenvalue weighted by molar-refractivity contribution is 0.0275. The van der Waals surface area contributed by atoms with Gasteiger partial charge < -0.3 is 25.4 Å². The molecule has 2 aromatic rings. The number of urea groups is 1. The number of nitrogens with zero attached hydrogens (tertiary/aromatic N) is 1. The monoisotopic (exact) mass is 370 g/mol. The Kier molecular flexibility index (Phi) is 5.86. The summed E-state index contributed by atoms with van der Waals surface area (Å²) in [5, 5.41) is 17.2. The number of hydrogen-bond donors (Lipinski definition) is 3. The number of carbonyl (C=O) groups excluding carboxylic acids is 1. The van der Waals surface area contributed by atoms with Crippen LogP contribution in [0.4, 0.5) is 20.6 Å². The summed E-state index contributed by atoms with van der Waals surface area (Å²) in [6.45, 7) is 1.95. The fourth-order valence-electron chi connectivity index (χ4n) is 2.76. The van der Waals surface area contributed by atoms with E-state index in [0.29, 0.717) is 35.7 Å². The number of carbonyl (C=O) groups is 1. The highest BCUT2D eigenvalue weighted by molar-refractivity contribution is 6.00. The van der Waals surface area contributed by atoms with Crippen LogP contribution in [-0.4, -0.2) is 32.8 Å². The molecule has 140 valence electrons. The maximum Gasteiger partial charge on any atom is 0.323 e. The molecule has 0 unspecified atom stereocenters. The van der Waals surface area contributed by atoms with Gasteiger partial charge in [-0.3, -0.25) is 0 Å². The second-order valence-electron chi connectivity index (χ2n) is 5.91. The Hall–Kier alpha value is -3.15. The summed E-state index contributed by atoms with van der Waals surface area (Å²) in [5.74, 6) is -0.170. The van der Waals surface area contributed by atoms with Gasteiger partial charge in [-0.25, -0.2) is 9.18 Å². The molecule has 1 saturated heterocycles. The molecule has 0 spiro atoms. The van der Waals surface area contributed by atoms with E-state index in [1.807, 2.05) is 6.07 Å². The van der Waals surface area contributed by atoms with Crippen LogP contribution in [0.2, 0.25) is 0 Å². The third-order valence-electron chi connectivity index (χ3n) is 4.12. The van der Waals surface area contributed by atoms with Crippen molar-refractivity contribution in [3.63, 3.8) is 0 Å². The number of methoxy groups -OCH3 is 1. The van der Waals surface area contributed by atoms with Crippen LogP contribution in [0.25, 0.3) is 0 Å². The van der Waals surface area contributed by atoms with Gasteiger partial charge in [-0.1, -0.05) is 6.07 Å².